The van der Waals surface area contributed by atoms with E-state index in [4.69, 9.17) is 10.2 Å². The fourth-order valence-corrected chi connectivity index (χ4v) is 2.20. The third-order valence-electron chi connectivity index (χ3n) is 2.90. The number of rotatable bonds is 5. The predicted octanol–water partition coefficient (Wildman–Crippen LogP) is 4.20. The lowest BCUT2D eigenvalue weighted by molar-refractivity contribution is 0.495. The number of furan rings is 1. The van der Waals surface area contributed by atoms with Gasteiger partial charge in [-0.3, -0.25) is 0 Å². The molecule has 0 saturated heterocycles. The molecule has 1 atom stereocenters. The van der Waals surface area contributed by atoms with E-state index in [1.54, 1.807) is 12.3 Å². The van der Waals surface area contributed by atoms with Crippen LogP contribution < -0.4 is 11.1 Å². The van der Waals surface area contributed by atoms with Crippen LogP contribution in [-0.2, 0) is 6.42 Å². The van der Waals surface area contributed by atoms with Crippen LogP contribution in [0.2, 0.25) is 0 Å². The molecule has 0 saturated carbocycles. The number of aryl methyl sites for hydroxylation is 1. The van der Waals surface area contributed by atoms with Crippen LogP contribution in [0, 0.1) is 5.82 Å². The Morgan fingerprint density at radius 1 is 1.47 bits per heavy atom. The third-order valence-corrected chi connectivity index (χ3v) is 3.51. The molecule has 3 N–H and O–H groups in total. The molecule has 0 aliphatic rings. The minimum Gasteiger partial charge on any atom is -0.469 e. The van der Waals surface area contributed by atoms with Crippen molar-refractivity contribution in [1.82, 2.24) is 0 Å². The predicted molar refractivity (Wildman–Crippen MR) is 78.6 cm³/mol. The number of nitrogen functional groups attached to an aromatic ring is 1. The highest BCUT2D eigenvalue weighted by Gasteiger charge is 2.09. The average molecular weight is 327 g/mol. The van der Waals surface area contributed by atoms with Crippen LogP contribution in [0.4, 0.5) is 15.8 Å². The van der Waals surface area contributed by atoms with E-state index in [0.29, 0.717) is 15.8 Å². The first kappa shape index (κ1) is 13.9. The van der Waals surface area contributed by atoms with Gasteiger partial charge in [0.15, 0.2) is 0 Å². The molecule has 1 aromatic heterocycles. The largest absolute Gasteiger partial charge is 0.469 e. The van der Waals surface area contributed by atoms with Gasteiger partial charge in [0, 0.05) is 18.5 Å². The lowest BCUT2D eigenvalue weighted by Gasteiger charge is -2.16. The van der Waals surface area contributed by atoms with Gasteiger partial charge in [0.05, 0.1) is 22.1 Å². The van der Waals surface area contributed by atoms with Gasteiger partial charge in [0.1, 0.15) is 11.6 Å². The van der Waals surface area contributed by atoms with Crippen molar-refractivity contribution in [2.24, 2.45) is 0 Å². The molecule has 5 heteroatoms. The van der Waals surface area contributed by atoms with Crippen LogP contribution in [0.1, 0.15) is 19.1 Å². The lowest BCUT2D eigenvalue weighted by atomic mass is 10.1. The topological polar surface area (TPSA) is 51.2 Å². The molecule has 19 heavy (non-hydrogen) atoms. The standard InChI is InChI=1S/C14H16BrFN2O/c1-9(4-5-10-3-2-6-19-10)18-14-8-12(16)11(15)7-13(14)17/h2-3,6-9,18H,4-5,17H2,1H3. The molecule has 2 rings (SSSR count). The van der Waals surface area contributed by atoms with E-state index in [0.717, 1.165) is 18.6 Å². The molecule has 0 aliphatic carbocycles. The molecule has 0 spiro atoms. The maximum atomic E-state index is 13.5. The highest BCUT2D eigenvalue weighted by atomic mass is 79.9. The third kappa shape index (κ3) is 3.73. The van der Waals surface area contributed by atoms with Crippen molar-refractivity contribution in [3.63, 3.8) is 0 Å². The number of nitrogens with two attached hydrogens (primary N) is 1. The summed E-state index contributed by atoms with van der Waals surface area (Å²) >= 11 is 3.11. The molecule has 0 fully saturated rings. The monoisotopic (exact) mass is 326 g/mol. The quantitative estimate of drug-likeness (QED) is 0.810. The maximum Gasteiger partial charge on any atom is 0.139 e. The summed E-state index contributed by atoms with van der Waals surface area (Å²) in [6.45, 7) is 2.03. The van der Waals surface area contributed by atoms with E-state index in [2.05, 4.69) is 21.2 Å². The molecule has 0 aliphatic heterocycles. The summed E-state index contributed by atoms with van der Waals surface area (Å²) in [5, 5.41) is 3.21. The summed E-state index contributed by atoms with van der Waals surface area (Å²) in [5.41, 5.74) is 7.00. The molecule has 0 amide bonds. The second-order valence-electron chi connectivity index (χ2n) is 4.52. The van der Waals surface area contributed by atoms with Gasteiger partial charge in [-0.2, -0.15) is 0 Å². The van der Waals surface area contributed by atoms with Gasteiger partial charge >= 0.3 is 0 Å². The van der Waals surface area contributed by atoms with E-state index in [1.807, 2.05) is 19.1 Å². The van der Waals surface area contributed by atoms with E-state index in [-0.39, 0.29) is 11.9 Å². The Morgan fingerprint density at radius 2 is 2.26 bits per heavy atom. The van der Waals surface area contributed by atoms with Crippen LogP contribution >= 0.6 is 15.9 Å². The van der Waals surface area contributed by atoms with Gasteiger partial charge in [-0.15, -0.1) is 0 Å². The van der Waals surface area contributed by atoms with Gasteiger partial charge < -0.3 is 15.5 Å². The van der Waals surface area contributed by atoms with Crippen LogP contribution in [-0.4, -0.2) is 6.04 Å². The first-order valence-corrected chi connectivity index (χ1v) is 6.89. The van der Waals surface area contributed by atoms with E-state index in [1.165, 1.54) is 6.07 Å². The van der Waals surface area contributed by atoms with Crippen LogP contribution in [0.15, 0.2) is 39.4 Å². The van der Waals surface area contributed by atoms with Crippen molar-refractivity contribution < 1.29 is 8.81 Å². The second-order valence-corrected chi connectivity index (χ2v) is 5.37. The molecule has 102 valence electrons. The van der Waals surface area contributed by atoms with Crippen molar-refractivity contribution in [2.75, 3.05) is 11.1 Å². The summed E-state index contributed by atoms with van der Waals surface area (Å²) in [5.74, 6) is 0.624. The van der Waals surface area contributed by atoms with Crippen LogP contribution in [0.25, 0.3) is 0 Å². The van der Waals surface area contributed by atoms with Crippen LogP contribution in [0.3, 0.4) is 0 Å². The molecular formula is C14H16BrFN2O. The molecular weight excluding hydrogens is 311 g/mol. The minimum atomic E-state index is -0.324. The minimum absolute atomic E-state index is 0.174. The Labute approximate surface area is 120 Å². The highest BCUT2D eigenvalue weighted by Crippen LogP contribution is 2.27. The SMILES string of the molecule is CC(CCc1ccco1)Nc1cc(F)c(Br)cc1N. The van der Waals surface area contributed by atoms with Crippen molar-refractivity contribution >= 4 is 27.3 Å². The molecule has 0 radical (unpaired) electrons. The zero-order valence-electron chi connectivity index (χ0n) is 10.6. The second kappa shape index (κ2) is 6.10. The smallest absolute Gasteiger partial charge is 0.139 e. The maximum absolute atomic E-state index is 13.5. The normalized spacial score (nSPS) is 12.4. The van der Waals surface area contributed by atoms with Gasteiger partial charge in [0.2, 0.25) is 0 Å². The molecule has 3 nitrogen and oxygen atoms in total. The fourth-order valence-electron chi connectivity index (χ4n) is 1.84. The van der Waals surface area contributed by atoms with E-state index < -0.39 is 0 Å². The van der Waals surface area contributed by atoms with Crippen molar-refractivity contribution in [1.29, 1.82) is 0 Å². The first-order valence-electron chi connectivity index (χ1n) is 6.09. The number of nitrogens with one attached hydrogen (secondary N) is 1. The van der Waals surface area contributed by atoms with Gasteiger partial charge in [-0.25, -0.2) is 4.39 Å². The summed E-state index contributed by atoms with van der Waals surface area (Å²) in [6.07, 6.45) is 3.38. The number of anilines is 2. The summed E-state index contributed by atoms with van der Waals surface area (Å²) in [4.78, 5) is 0. The van der Waals surface area contributed by atoms with Crippen molar-refractivity contribution in [3.8, 4) is 0 Å². The Bertz CT molecular complexity index is 543. The summed E-state index contributed by atoms with van der Waals surface area (Å²) in [7, 11) is 0. The zero-order valence-corrected chi connectivity index (χ0v) is 12.2. The summed E-state index contributed by atoms with van der Waals surface area (Å²) in [6, 6.07) is 6.96. The van der Waals surface area contributed by atoms with Crippen molar-refractivity contribution in [2.45, 2.75) is 25.8 Å². The highest BCUT2D eigenvalue weighted by molar-refractivity contribution is 9.10. The molecule has 1 heterocycles. The van der Waals surface area contributed by atoms with E-state index in [9.17, 15) is 4.39 Å². The van der Waals surface area contributed by atoms with Gasteiger partial charge in [0.25, 0.3) is 0 Å². The first-order chi connectivity index (χ1) is 9.06. The Morgan fingerprint density at radius 3 is 2.95 bits per heavy atom. The molecule has 2 aromatic rings. The van der Waals surface area contributed by atoms with Crippen molar-refractivity contribution in [3.05, 3.63) is 46.6 Å². The summed E-state index contributed by atoms with van der Waals surface area (Å²) < 4.78 is 19.1. The number of hydrogen-bond acceptors (Lipinski definition) is 3. The Hall–Kier alpha value is -1.49. The van der Waals surface area contributed by atoms with Gasteiger partial charge in [-0.05, 0) is 47.5 Å². The van der Waals surface area contributed by atoms with Crippen LogP contribution in [0.5, 0.6) is 0 Å². The molecule has 0 bridgehead atoms. The number of benzene rings is 1. The van der Waals surface area contributed by atoms with E-state index >= 15 is 0 Å². The Balaban J connectivity index is 1.95. The zero-order chi connectivity index (χ0) is 13.8. The Kier molecular flexibility index (Phi) is 4.47. The lowest BCUT2D eigenvalue weighted by Crippen LogP contribution is -2.17. The molecule has 1 aromatic carbocycles. The number of halogens is 2. The van der Waals surface area contributed by atoms with Gasteiger partial charge in [-0.1, -0.05) is 0 Å². The average Bonchev–Trinajstić information content (AvgIpc) is 2.86. The number of hydrogen-bond donors (Lipinski definition) is 2. The molecule has 1 unspecified atom stereocenters. The fraction of sp³-hybridized carbons (Fsp3) is 0.286.